The van der Waals surface area contributed by atoms with Crippen LogP contribution in [0.25, 0.3) is 11.2 Å². The van der Waals surface area contributed by atoms with Crippen molar-refractivity contribution in [1.29, 1.82) is 0 Å². The molecule has 0 amide bonds. The van der Waals surface area contributed by atoms with Crippen molar-refractivity contribution in [3.05, 3.63) is 27.2 Å². The Hall–Kier alpha value is -2.09. The summed E-state index contributed by atoms with van der Waals surface area (Å²) < 4.78 is 6.54. The first-order valence-corrected chi connectivity index (χ1v) is 5.84. The molecule has 0 spiro atoms. The summed E-state index contributed by atoms with van der Waals surface area (Å²) in [4.78, 5) is 31.1. The molecule has 12 heteroatoms. The Morgan fingerprint density at radius 1 is 1.23 bits per heavy atom. The molecule has 1 fully saturated rings. The van der Waals surface area contributed by atoms with Crippen molar-refractivity contribution in [2.24, 2.45) is 0 Å². The first-order chi connectivity index (χ1) is 9.52. The van der Waals surface area contributed by atoms with Gasteiger partial charge in [-0.2, -0.15) is 0 Å². The van der Waals surface area contributed by atoms with Gasteiger partial charge in [0.15, 0.2) is 11.7 Å². The van der Waals surface area contributed by atoms with Crippen LogP contribution in [0.3, 0.4) is 0 Å². The number of nitrogens with one attached hydrogen (secondary N) is 2. The van der Waals surface area contributed by atoms with E-state index in [4.69, 9.17) is 9.84 Å². The number of imidazole rings is 1. The van der Waals surface area contributed by atoms with E-state index in [1.165, 1.54) is 10.9 Å². The minimum Gasteiger partial charge on any atom is -0.412 e. The molecule has 1 aliphatic heterocycles. The molecule has 3 rings (SSSR count). The Bertz CT molecular complexity index is 751. The maximum atomic E-state index is 11.6. The zero-order valence-electron chi connectivity index (χ0n) is 11.1. The van der Waals surface area contributed by atoms with Gasteiger partial charge in [0.25, 0.3) is 5.56 Å². The Kier molecular flexibility index (Phi) is 5.18. The fourth-order valence-corrected chi connectivity index (χ4v) is 2.25. The Morgan fingerprint density at radius 2 is 1.91 bits per heavy atom. The van der Waals surface area contributed by atoms with Gasteiger partial charge in [0, 0.05) is 0 Å². The first-order valence-electron chi connectivity index (χ1n) is 5.84. The number of nitrogens with zero attached hydrogens (tertiary/aromatic N) is 2. The van der Waals surface area contributed by atoms with Crippen molar-refractivity contribution in [2.75, 3.05) is 6.61 Å². The highest BCUT2D eigenvalue weighted by Gasteiger charge is 2.43. The molecule has 0 aromatic carbocycles. The lowest BCUT2D eigenvalue weighted by molar-refractivity contribution is -0.0511. The molecule has 2 aromatic rings. The second-order valence-electron chi connectivity index (χ2n) is 4.49. The summed E-state index contributed by atoms with van der Waals surface area (Å²) in [5.41, 5.74) is -1.36. The number of rotatable bonds is 2. The number of fused-ring (bicyclic) bond motifs is 1. The van der Waals surface area contributed by atoms with Crippen LogP contribution in [-0.4, -0.2) is 70.7 Å². The van der Waals surface area contributed by atoms with E-state index in [-0.39, 0.29) is 22.1 Å². The van der Waals surface area contributed by atoms with Crippen molar-refractivity contribution in [3.8, 4) is 0 Å². The Morgan fingerprint density at radius 3 is 2.50 bits per heavy atom. The number of hydrogen-bond acceptors (Lipinski definition) is 7. The quantitative estimate of drug-likeness (QED) is 0.364. The van der Waals surface area contributed by atoms with Crippen LogP contribution >= 0.6 is 0 Å². The van der Waals surface area contributed by atoms with Gasteiger partial charge >= 0.3 is 5.69 Å². The van der Waals surface area contributed by atoms with Gasteiger partial charge in [0.05, 0.1) is 12.9 Å². The highest BCUT2D eigenvalue weighted by Crippen LogP contribution is 2.30. The lowest BCUT2D eigenvalue weighted by atomic mass is 10.1. The zero-order valence-corrected chi connectivity index (χ0v) is 11.1. The van der Waals surface area contributed by atoms with Gasteiger partial charge in [-0.1, -0.05) is 0 Å². The summed E-state index contributed by atoms with van der Waals surface area (Å²) in [7, 11) is 0. The fourth-order valence-electron chi connectivity index (χ4n) is 2.25. The van der Waals surface area contributed by atoms with E-state index >= 15 is 0 Å². The molecule has 4 atom stereocenters. The third kappa shape index (κ3) is 2.54. The lowest BCUT2D eigenvalue weighted by Crippen LogP contribution is -2.33. The predicted octanol–water partition coefficient (Wildman–Crippen LogP) is -4.62. The van der Waals surface area contributed by atoms with E-state index in [1.54, 1.807) is 0 Å². The van der Waals surface area contributed by atoms with Gasteiger partial charge in [-0.25, -0.2) is 9.78 Å². The van der Waals surface area contributed by atoms with E-state index in [1.807, 2.05) is 4.98 Å². The lowest BCUT2D eigenvalue weighted by Gasteiger charge is -2.16. The molecule has 0 bridgehead atoms. The second-order valence-corrected chi connectivity index (χ2v) is 4.49. The number of aliphatic hydroxyl groups is 3. The third-order valence-corrected chi connectivity index (χ3v) is 3.26. The summed E-state index contributed by atoms with van der Waals surface area (Å²) in [6, 6.07) is 0. The van der Waals surface area contributed by atoms with Crippen LogP contribution in [0.15, 0.2) is 15.9 Å². The maximum Gasteiger partial charge on any atom is 0.327 e. The number of hydrogen-bond donors (Lipinski definition) is 5. The minimum absolute atomic E-state index is 0. The number of aromatic nitrogens is 4. The zero-order chi connectivity index (χ0) is 14.4. The summed E-state index contributed by atoms with van der Waals surface area (Å²) in [6.45, 7) is -0.474. The van der Waals surface area contributed by atoms with E-state index in [9.17, 15) is 19.8 Å². The second kappa shape index (κ2) is 6.35. The molecule has 124 valence electrons. The van der Waals surface area contributed by atoms with Gasteiger partial charge in [0.2, 0.25) is 0 Å². The van der Waals surface area contributed by atoms with Crippen LogP contribution in [0.4, 0.5) is 0 Å². The number of aromatic amines is 2. The third-order valence-electron chi connectivity index (χ3n) is 3.26. The topological polar surface area (TPSA) is 216 Å². The summed E-state index contributed by atoms with van der Waals surface area (Å²) in [5.74, 6) is 0. The molecule has 1 saturated heterocycles. The molecule has 22 heavy (non-hydrogen) atoms. The Balaban J connectivity index is 0.00000121. The van der Waals surface area contributed by atoms with E-state index in [2.05, 4.69) is 9.97 Å². The van der Waals surface area contributed by atoms with Crippen molar-refractivity contribution in [2.45, 2.75) is 24.5 Å². The van der Waals surface area contributed by atoms with Gasteiger partial charge in [-0.05, 0) is 0 Å². The molecule has 0 radical (unpaired) electrons. The normalized spacial score (nSPS) is 27.4. The van der Waals surface area contributed by atoms with E-state index in [0.29, 0.717) is 0 Å². The molecule has 2 aromatic heterocycles. The standard InChI is InChI=1S/C10H12N4O6.2H2O/c15-1-3-5(16)6(17)9(20-3)14-2-11-4-7(14)12-10(19)13-8(4)18;;/h2-3,5-6,9,15-17H,1H2,(H2,12,13,18,19);2*1H2/t3-,5+,6-,9-;;/m1../s1. The number of aliphatic hydroxyl groups excluding tert-OH is 3. The highest BCUT2D eigenvalue weighted by atomic mass is 16.6. The molecule has 3 heterocycles. The SMILES string of the molecule is O.O.O=c1[nH]c(=O)c2ncn([C@@H]3O[C@H](CO)[C@H](O)[C@H]3O)c2[nH]1. The molecule has 0 unspecified atom stereocenters. The van der Waals surface area contributed by atoms with Gasteiger partial charge in [-0.15, -0.1) is 0 Å². The van der Waals surface area contributed by atoms with Crippen LogP contribution in [0.1, 0.15) is 6.23 Å². The van der Waals surface area contributed by atoms with E-state index in [0.717, 1.165) is 0 Å². The van der Waals surface area contributed by atoms with Crippen molar-refractivity contribution in [1.82, 2.24) is 19.5 Å². The molecule has 1 aliphatic rings. The first kappa shape index (κ1) is 18.0. The van der Waals surface area contributed by atoms with Crippen molar-refractivity contribution >= 4 is 11.2 Å². The summed E-state index contributed by atoms with van der Waals surface area (Å²) in [6.07, 6.45) is -3.43. The average Bonchev–Trinajstić information content (AvgIpc) is 2.93. The van der Waals surface area contributed by atoms with Gasteiger partial charge in [0.1, 0.15) is 24.0 Å². The number of ether oxygens (including phenoxy) is 1. The van der Waals surface area contributed by atoms with Crippen LogP contribution in [-0.2, 0) is 4.74 Å². The molecule has 0 aliphatic carbocycles. The summed E-state index contributed by atoms with van der Waals surface area (Å²) in [5, 5.41) is 28.7. The average molecular weight is 320 g/mol. The van der Waals surface area contributed by atoms with Crippen molar-refractivity contribution < 1.29 is 31.0 Å². The van der Waals surface area contributed by atoms with Crippen molar-refractivity contribution in [3.63, 3.8) is 0 Å². The molecular formula is C10H16N4O8. The fraction of sp³-hybridized carbons (Fsp3) is 0.500. The monoisotopic (exact) mass is 320 g/mol. The molecular weight excluding hydrogens is 304 g/mol. The highest BCUT2D eigenvalue weighted by molar-refractivity contribution is 5.68. The molecule has 12 nitrogen and oxygen atoms in total. The van der Waals surface area contributed by atoms with Gasteiger partial charge in [-0.3, -0.25) is 19.3 Å². The van der Waals surface area contributed by atoms with Gasteiger partial charge < -0.3 is 31.0 Å². The largest absolute Gasteiger partial charge is 0.412 e. The van der Waals surface area contributed by atoms with Crippen LogP contribution in [0, 0.1) is 0 Å². The minimum atomic E-state index is -1.33. The number of H-pyrrole nitrogens is 2. The molecule has 0 saturated carbocycles. The molecule has 9 N–H and O–H groups in total. The maximum absolute atomic E-state index is 11.6. The smallest absolute Gasteiger partial charge is 0.327 e. The summed E-state index contributed by atoms with van der Waals surface area (Å²) >= 11 is 0. The van der Waals surface area contributed by atoms with Crippen LogP contribution in [0.5, 0.6) is 0 Å². The van der Waals surface area contributed by atoms with E-state index < -0.39 is 42.4 Å². The van der Waals surface area contributed by atoms with Crippen LogP contribution < -0.4 is 11.2 Å². The predicted molar refractivity (Wildman–Crippen MR) is 71.2 cm³/mol. The van der Waals surface area contributed by atoms with Crippen LogP contribution in [0.2, 0.25) is 0 Å². The Labute approximate surface area is 121 Å².